The van der Waals surface area contributed by atoms with Crippen LogP contribution < -0.4 is 0 Å². The first-order valence-electron chi connectivity index (χ1n) is 7.06. The summed E-state index contributed by atoms with van der Waals surface area (Å²) >= 11 is 0. The van der Waals surface area contributed by atoms with Crippen LogP contribution >= 0.6 is 0 Å². The Kier molecular flexibility index (Phi) is 10.00. The van der Waals surface area contributed by atoms with Gasteiger partial charge in [-0.3, -0.25) is 9.78 Å². The van der Waals surface area contributed by atoms with Gasteiger partial charge in [0.15, 0.2) is 0 Å². The molecule has 0 spiro atoms. The molecule has 0 aliphatic rings. The van der Waals surface area contributed by atoms with Gasteiger partial charge in [0.25, 0.3) is 0 Å². The summed E-state index contributed by atoms with van der Waals surface area (Å²) in [5.74, 6) is -1.44. The summed E-state index contributed by atoms with van der Waals surface area (Å²) in [4.78, 5) is 38.2. The zero-order valence-corrected chi connectivity index (χ0v) is 13.3. The fourth-order valence-electron chi connectivity index (χ4n) is 1.39. The van der Waals surface area contributed by atoms with Crippen LogP contribution in [0.1, 0.15) is 43.7 Å². The van der Waals surface area contributed by atoms with E-state index >= 15 is 0 Å². The van der Waals surface area contributed by atoms with Crippen molar-refractivity contribution in [3.8, 4) is 0 Å². The van der Waals surface area contributed by atoms with Crippen molar-refractivity contribution < 1.29 is 28.6 Å². The first-order valence-corrected chi connectivity index (χ1v) is 7.06. The van der Waals surface area contributed by atoms with Crippen LogP contribution in [0.25, 0.3) is 0 Å². The van der Waals surface area contributed by atoms with Crippen molar-refractivity contribution in [2.24, 2.45) is 0 Å². The summed E-state index contributed by atoms with van der Waals surface area (Å²) in [6.07, 6.45) is 0.154. The lowest BCUT2D eigenvalue weighted by molar-refractivity contribution is -0.142. The predicted octanol–water partition coefficient (Wildman–Crippen LogP) is 2.53. The van der Waals surface area contributed by atoms with Gasteiger partial charge in [-0.25, -0.2) is 9.59 Å². The lowest BCUT2D eigenvalue weighted by Crippen LogP contribution is -2.18. The number of aromatic nitrogens is 1. The molecule has 1 heterocycles. The van der Waals surface area contributed by atoms with Gasteiger partial charge >= 0.3 is 18.1 Å². The zero-order chi connectivity index (χ0) is 17.0. The van der Waals surface area contributed by atoms with Crippen LogP contribution in [0, 0.1) is 0 Å². The van der Waals surface area contributed by atoms with Gasteiger partial charge in [-0.05, 0) is 26.0 Å². The molecule has 122 valence electrons. The molecule has 0 unspecified atom stereocenters. The van der Waals surface area contributed by atoms with Gasteiger partial charge in [-0.15, -0.1) is 0 Å². The van der Waals surface area contributed by atoms with E-state index in [0.29, 0.717) is 0 Å². The molecule has 7 heteroatoms. The van der Waals surface area contributed by atoms with Gasteiger partial charge in [-0.1, -0.05) is 13.8 Å². The molecule has 0 aliphatic heterocycles. The van der Waals surface area contributed by atoms with E-state index < -0.39 is 18.1 Å². The van der Waals surface area contributed by atoms with Gasteiger partial charge in [0.05, 0.1) is 30.9 Å². The number of carbonyl (C=O) groups excluding carboxylic acids is 3. The molecule has 0 saturated heterocycles. The minimum Gasteiger partial charge on any atom is -0.466 e. The Labute approximate surface area is 129 Å². The SMILES string of the molecule is CC.CCOC(=O)Cc1ncccc1C(=O)OC(=O)OCC. The number of pyridine rings is 1. The van der Waals surface area contributed by atoms with Crippen LogP contribution in [0.2, 0.25) is 0 Å². The Bertz CT molecular complexity index is 501. The van der Waals surface area contributed by atoms with E-state index in [2.05, 4.69) is 14.5 Å². The predicted molar refractivity (Wildman–Crippen MR) is 78.4 cm³/mol. The number of esters is 2. The first kappa shape index (κ1) is 19.6. The highest BCUT2D eigenvalue weighted by Crippen LogP contribution is 2.09. The largest absolute Gasteiger partial charge is 0.516 e. The van der Waals surface area contributed by atoms with Crippen molar-refractivity contribution in [1.82, 2.24) is 4.98 Å². The number of hydrogen-bond acceptors (Lipinski definition) is 7. The highest BCUT2D eigenvalue weighted by molar-refractivity contribution is 5.96. The molecule has 1 aromatic heterocycles. The molecule has 1 aromatic rings. The lowest BCUT2D eigenvalue weighted by atomic mass is 10.1. The lowest BCUT2D eigenvalue weighted by Gasteiger charge is -2.07. The fourth-order valence-corrected chi connectivity index (χ4v) is 1.39. The normalized spacial score (nSPS) is 9.09. The third-order valence-corrected chi connectivity index (χ3v) is 2.17. The van der Waals surface area contributed by atoms with Crippen molar-refractivity contribution >= 4 is 18.1 Å². The molecular weight excluding hydrogens is 290 g/mol. The summed E-state index contributed by atoms with van der Waals surface area (Å²) < 4.78 is 13.7. The van der Waals surface area contributed by atoms with E-state index in [4.69, 9.17) is 4.74 Å². The molecular formula is C15H21NO6. The van der Waals surface area contributed by atoms with Crippen molar-refractivity contribution in [2.45, 2.75) is 34.1 Å². The number of carbonyl (C=O) groups is 3. The van der Waals surface area contributed by atoms with Gasteiger partial charge < -0.3 is 14.2 Å². The van der Waals surface area contributed by atoms with E-state index in [1.807, 2.05) is 13.8 Å². The molecule has 0 radical (unpaired) electrons. The Morgan fingerprint density at radius 1 is 1.09 bits per heavy atom. The zero-order valence-electron chi connectivity index (χ0n) is 13.3. The molecule has 0 aliphatic carbocycles. The highest BCUT2D eigenvalue weighted by Gasteiger charge is 2.20. The summed E-state index contributed by atoms with van der Waals surface area (Å²) in [5, 5.41) is 0. The Morgan fingerprint density at radius 3 is 2.32 bits per heavy atom. The van der Waals surface area contributed by atoms with Crippen molar-refractivity contribution in [2.75, 3.05) is 13.2 Å². The number of ether oxygens (including phenoxy) is 3. The van der Waals surface area contributed by atoms with Crippen LogP contribution in [-0.2, 0) is 25.4 Å². The van der Waals surface area contributed by atoms with E-state index in [9.17, 15) is 14.4 Å². The third kappa shape index (κ3) is 6.83. The maximum absolute atomic E-state index is 11.8. The molecule has 0 atom stereocenters. The maximum Gasteiger partial charge on any atom is 0.516 e. The van der Waals surface area contributed by atoms with Crippen LogP contribution in [0.5, 0.6) is 0 Å². The maximum atomic E-state index is 11.8. The standard InChI is InChI=1S/C13H15NO6.C2H6/c1-3-18-11(15)8-10-9(6-5-7-14-10)12(16)20-13(17)19-4-2;1-2/h5-7H,3-4,8H2,1-2H3;1-2H3. The minimum atomic E-state index is -1.09. The minimum absolute atomic E-state index is 0.0219. The molecule has 0 aromatic carbocycles. The second-order valence-corrected chi connectivity index (χ2v) is 3.55. The molecule has 0 N–H and O–H groups in total. The number of hydrogen-bond donors (Lipinski definition) is 0. The number of rotatable bonds is 5. The summed E-state index contributed by atoms with van der Waals surface area (Å²) in [6.45, 7) is 7.58. The first-order chi connectivity index (χ1) is 10.6. The molecule has 0 saturated carbocycles. The van der Waals surface area contributed by atoms with Crippen LogP contribution in [0.4, 0.5) is 4.79 Å². The van der Waals surface area contributed by atoms with E-state index in [0.717, 1.165) is 0 Å². The number of nitrogens with zero attached hydrogens (tertiary/aromatic N) is 1. The van der Waals surface area contributed by atoms with Crippen LogP contribution in [0.3, 0.4) is 0 Å². The molecule has 1 rings (SSSR count). The third-order valence-electron chi connectivity index (χ3n) is 2.17. The van der Waals surface area contributed by atoms with E-state index in [1.54, 1.807) is 13.8 Å². The molecule has 0 bridgehead atoms. The summed E-state index contributed by atoms with van der Waals surface area (Å²) in [7, 11) is 0. The molecule has 7 nitrogen and oxygen atoms in total. The Morgan fingerprint density at radius 2 is 1.73 bits per heavy atom. The van der Waals surface area contributed by atoms with Crippen molar-refractivity contribution in [3.63, 3.8) is 0 Å². The highest BCUT2D eigenvalue weighted by atomic mass is 16.7. The van der Waals surface area contributed by atoms with Gasteiger partial charge in [0.2, 0.25) is 0 Å². The summed E-state index contributed by atoms with van der Waals surface area (Å²) in [5.41, 5.74) is 0.203. The van der Waals surface area contributed by atoms with Crippen molar-refractivity contribution in [3.05, 3.63) is 29.6 Å². The van der Waals surface area contributed by atoms with Gasteiger partial charge in [0.1, 0.15) is 0 Å². The average molecular weight is 311 g/mol. The second-order valence-electron chi connectivity index (χ2n) is 3.55. The Hall–Kier alpha value is -2.44. The second kappa shape index (κ2) is 11.2. The van der Waals surface area contributed by atoms with E-state index in [-0.39, 0.29) is 30.9 Å². The quantitative estimate of drug-likeness (QED) is 0.609. The molecule has 0 amide bonds. The summed E-state index contributed by atoms with van der Waals surface area (Å²) in [6, 6.07) is 2.90. The van der Waals surface area contributed by atoms with Crippen LogP contribution in [0.15, 0.2) is 18.3 Å². The van der Waals surface area contributed by atoms with Crippen LogP contribution in [-0.4, -0.2) is 36.3 Å². The molecule has 22 heavy (non-hydrogen) atoms. The van der Waals surface area contributed by atoms with Gasteiger partial charge in [-0.2, -0.15) is 0 Å². The fraction of sp³-hybridized carbons (Fsp3) is 0.467. The van der Waals surface area contributed by atoms with Gasteiger partial charge in [0, 0.05) is 6.20 Å². The smallest absolute Gasteiger partial charge is 0.466 e. The van der Waals surface area contributed by atoms with E-state index in [1.165, 1.54) is 18.3 Å². The average Bonchev–Trinajstić information content (AvgIpc) is 2.50. The monoisotopic (exact) mass is 311 g/mol. The topological polar surface area (TPSA) is 91.8 Å². The molecule has 0 fully saturated rings. The van der Waals surface area contributed by atoms with Crippen molar-refractivity contribution in [1.29, 1.82) is 0 Å². The Balaban J connectivity index is 0.00000211.